The van der Waals surface area contributed by atoms with Gasteiger partial charge in [0.1, 0.15) is 0 Å². The van der Waals surface area contributed by atoms with Crippen LogP contribution >= 0.6 is 0 Å². The van der Waals surface area contributed by atoms with Gasteiger partial charge < -0.3 is 0 Å². The molecule has 0 spiro atoms. The molecular formula is C8H11N2. The summed E-state index contributed by atoms with van der Waals surface area (Å²) in [7, 11) is 0. The lowest BCUT2D eigenvalue weighted by atomic mass is 10.1. The van der Waals surface area contributed by atoms with Crippen molar-refractivity contribution in [3.63, 3.8) is 0 Å². The van der Waals surface area contributed by atoms with Gasteiger partial charge >= 0.3 is 0 Å². The lowest BCUT2D eigenvalue weighted by molar-refractivity contribution is 0.628. The third-order valence-corrected chi connectivity index (χ3v) is 1.19. The van der Waals surface area contributed by atoms with E-state index in [1.54, 1.807) is 6.20 Å². The van der Waals surface area contributed by atoms with E-state index in [-0.39, 0.29) is 0 Å². The minimum Gasteiger partial charge on any atom is -0.158 e. The summed E-state index contributed by atoms with van der Waals surface area (Å²) in [5.74, 6) is 0.644. The van der Waals surface area contributed by atoms with Crippen LogP contribution < -0.4 is 0 Å². The zero-order valence-electron chi connectivity index (χ0n) is 6.33. The first-order valence-corrected chi connectivity index (χ1v) is 3.46. The molecule has 0 bridgehead atoms. The summed E-state index contributed by atoms with van der Waals surface area (Å²) in [6, 6.07) is 4.77. The van der Waals surface area contributed by atoms with Gasteiger partial charge in [-0.05, 0) is 18.4 Å². The van der Waals surface area contributed by atoms with Gasteiger partial charge in [0.15, 0.2) is 0 Å². The Morgan fingerprint density at radius 1 is 1.60 bits per heavy atom. The van der Waals surface area contributed by atoms with Crippen LogP contribution in [0.25, 0.3) is 0 Å². The van der Waals surface area contributed by atoms with E-state index >= 15 is 0 Å². The second-order valence-electron chi connectivity index (χ2n) is 2.74. The number of aromatic nitrogens is 2. The topological polar surface area (TPSA) is 25.8 Å². The molecule has 1 radical (unpaired) electrons. The highest BCUT2D eigenvalue weighted by molar-refractivity contribution is 4.97. The fraction of sp³-hybridized carbons (Fsp3) is 0.500. The van der Waals surface area contributed by atoms with Crippen LogP contribution in [0, 0.1) is 12.0 Å². The van der Waals surface area contributed by atoms with E-state index in [0.29, 0.717) is 5.92 Å². The summed E-state index contributed by atoms with van der Waals surface area (Å²) in [4.78, 5) is 0. The predicted molar refractivity (Wildman–Crippen MR) is 39.4 cm³/mol. The van der Waals surface area contributed by atoms with Gasteiger partial charge in [0, 0.05) is 6.07 Å². The van der Waals surface area contributed by atoms with Crippen molar-refractivity contribution in [2.24, 2.45) is 5.92 Å². The molecule has 0 N–H and O–H groups in total. The first-order valence-electron chi connectivity index (χ1n) is 3.46. The zero-order valence-corrected chi connectivity index (χ0v) is 6.33. The standard InChI is InChI=1S/C8H11N2/c1-7(2)6-8-4-3-5-9-10-8/h4-5,7H,6H2,1-2H3. The van der Waals surface area contributed by atoms with E-state index in [1.807, 2.05) is 6.07 Å². The van der Waals surface area contributed by atoms with Gasteiger partial charge in [-0.15, -0.1) is 0 Å². The highest BCUT2D eigenvalue weighted by Crippen LogP contribution is 2.01. The summed E-state index contributed by atoms with van der Waals surface area (Å²) in [6.45, 7) is 4.32. The first kappa shape index (κ1) is 7.19. The van der Waals surface area contributed by atoms with E-state index < -0.39 is 0 Å². The maximum Gasteiger partial charge on any atom is 0.0639 e. The monoisotopic (exact) mass is 135 g/mol. The first-order chi connectivity index (χ1) is 4.79. The van der Waals surface area contributed by atoms with Gasteiger partial charge in [0.25, 0.3) is 0 Å². The van der Waals surface area contributed by atoms with Gasteiger partial charge in [-0.1, -0.05) is 13.8 Å². The number of hydrogen-bond donors (Lipinski definition) is 0. The van der Waals surface area contributed by atoms with E-state index in [0.717, 1.165) is 12.1 Å². The maximum absolute atomic E-state index is 3.94. The van der Waals surface area contributed by atoms with Crippen LogP contribution in [0.4, 0.5) is 0 Å². The van der Waals surface area contributed by atoms with Crippen molar-refractivity contribution in [3.05, 3.63) is 24.0 Å². The molecule has 0 aliphatic carbocycles. The maximum atomic E-state index is 3.94. The van der Waals surface area contributed by atoms with Crippen LogP contribution in [0.3, 0.4) is 0 Å². The van der Waals surface area contributed by atoms with Crippen molar-refractivity contribution >= 4 is 0 Å². The number of nitrogens with zero attached hydrogens (tertiary/aromatic N) is 2. The Hall–Kier alpha value is -0.920. The summed E-state index contributed by atoms with van der Waals surface area (Å²) in [6.07, 6.45) is 2.56. The second kappa shape index (κ2) is 3.30. The SMILES string of the molecule is CC(C)Cc1c[c]cnn1. The van der Waals surface area contributed by atoms with Crippen molar-refractivity contribution in [1.82, 2.24) is 10.2 Å². The zero-order chi connectivity index (χ0) is 7.40. The average Bonchev–Trinajstić information content (AvgIpc) is 1.88. The molecule has 0 unspecified atom stereocenters. The Bertz CT molecular complexity index is 182. The largest absolute Gasteiger partial charge is 0.158 e. The Labute approximate surface area is 61.3 Å². The molecule has 10 heavy (non-hydrogen) atoms. The van der Waals surface area contributed by atoms with E-state index in [9.17, 15) is 0 Å². The highest BCUT2D eigenvalue weighted by Gasteiger charge is 1.96. The van der Waals surface area contributed by atoms with Crippen molar-refractivity contribution in [1.29, 1.82) is 0 Å². The van der Waals surface area contributed by atoms with Crippen molar-refractivity contribution in [2.45, 2.75) is 20.3 Å². The molecule has 53 valence electrons. The fourth-order valence-electron chi connectivity index (χ4n) is 0.817. The summed E-state index contributed by atoms with van der Waals surface area (Å²) in [5.41, 5.74) is 1.03. The quantitative estimate of drug-likeness (QED) is 0.613. The molecule has 1 aromatic rings. The summed E-state index contributed by atoms with van der Waals surface area (Å²) in [5, 5.41) is 7.67. The fourth-order valence-corrected chi connectivity index (χ4v) is 0.817. The highest BCUT2D eigenvalue weighted by atomic mass is 15.1. The summed E-state index contributed by atoms with van der Waals surface area (Å²) >= 11 is 0. The van der Waals surface area contributed by atoms with E-state index in [4.69, 9.17) is 0 Å². The van der Waals surface area contributed by atoms with Crippen molar-refractivity contribution in [2.75, 3.05) is 0 Å². The molecule has 0 aliphatic rings. The molecule has 0 fully saturated rings. The smallest absolute Gasteiger partial charge is 0.0639 e. The van der Waals surface area contributed by atoms with Crippen LogP contribution in [-0.2, 0) is 6.42 Å². The van der Waals surface area contributed by atoms with Gasteiger partial charge in [-0.2, -0.15) is 10.2 Å². The van der Waals surface area contributed by atoms with Crippen molar-refractivity contribution < 1.29 is 0 Å². The summed E-state index contributed by atoms with van der Waals surface area (Å²) < 4.78 is 0. The van der Waals surface area contributed by atoms with E-state index in [2.05, 4.69) is 30.1 Å². The molecular weight excluding hydrogens is 124 g/mol. The normalized spacial score (nSPS) is 10.3. The van der Waals surface area contributed by atoms with E-state index in [1.165, 1.54) is 0 Å². The molecule has 1 heterocycles. The molecule has 2 nitrogen and oxygen atoms in total. The van der Waals surface area contributed by atoms with Crippen LogP contribution in [-0.4, -0.2) is 10.2 Å². The van der Waals surface area contributed by atoms with Gasteiger partial charge in [0.2, 0.25) is 0 Å². The molecule has 0 saturated carbocycles. The molecule has 2 heteroatoms. The number of hydrogen-bond acceptors (Lipinski definition) is 2. The molecule has 0 amide bonds. The lowest BCUT2D eigenvalue weighted by Crippen LogP contribution is -1.97. The molecule has 0 saturated heterocycles. The molecule has 0 atom stereocenters. The van der Waals surface area contributed by atoms with Crippen LogP contribution in [0.1, 0.15) is 19.5 Å². The minimum absolute atomic E-state index is 0.644. The predicted octanol–water partition coefficient (Wildman–Crippen LogP) is 1.48. The Kier molecular flexibility index (Phi) is 2.37. The lowest BCUT2D eigenvalue weighted by Gasteiger charge is -2.00. The minimum atomic E-state index is 0.644. The Morgan fingerprint density at radius 2 is 2.40 bits per heavy atom. The second-order valence-corrected chi connectivity index (χ2v) is 2.74. The third-order valence-electron chi connectivity index (χ3n) is 1.19. The van der Waals surface area contributed by atoms with Gasteiger partial charge in [0.05, 0.1) is 11.9 Å². The Morgan fingerprint density at radius 3 is 2.90 bits per heavy atom. The van der Waals surface area contributed by atoms with Crippen molar-refractivity contribution in [3.8, 4) is 0 Å². The molecule has 1 rings (SSSR count). The molecule has 1 aromatic heterocycles. The van der Waals surface area contributed by atoms with Gasteiger partial charge in [-0.3, -0.25) is 0 Å². The average molecular weight is 135 g/mol. The van der Waals surface area contributed by atoms with Crippen LogP contribution in [0.15, 0.2) is 12.3 Å². The molecule has 0 aromatic carbocycles. The Balaban J connectivity index is 2.59. The van der Waals surface area contributed by atoms with Crippen LogP contribution in [0.5, 0.6) is 0 Å². The number of rotatable bonds is 2. The third kappa shape index (κ3) is 2.13. The van der Waals surface area contributed by atoms with Crippen LogP contribution in [0.2, 0.25) is 0 Å². The molecule has 0 aliphatic heterocycles. The van der Waals surface area contributed by atoms with Gasteiger partial charge in [-0.25, -0.2) is 0 Å².